The molecule has 0 spiro atoms. The average molecular weight is 470 g/mol. The van der Waals surface area contributed by atoms with Crippen molar-refractivity contribution in [2.45, 2.75) is 6.92 Å². The number of benzene rings is 2. The molecule has 9 heteroatoms. The summed E-state index contributed by atoms with van der Waals surface area (Å²) in [4.78, 5) is 14.3. The number of rotatable bonds is 5. The van der Waals surface area contributed by atoms with Crippen LogP contribution in [0.25, 0.3) is 0 Å². The number of carbonyl (C=O) groups excluding carboxylic acids is 1. The predicted octanol–water partition coefficient (Wildman–Crippen LogP) is 2.99. The highest BCUT2D eigenvalue weighted by atomic mass is 79.9. The lowest BCUT2D eigenvalue weighted by Gasteiger charge is -2.35. The van der Waals surface area contributed by atoms with Crippen molar-refractivity contribution < 1.29 is 17.6 Å². The summed E-state index contributed by atoms with van der Waals surface area (Å²) in [6.45, 7) is 3.79. The summed E-state index contributed by atoms with van der Waals surface area (Å²) < 4.78 is 40.0. The van der Waals surface area contributed by atoms with E-state index in [-0.39, 0.29) is 0 Å². The highest BCUT2D eigenvalue weighted by Crippen LogP contribution is 2.23. The third-order valence-electron chi connectivity index (χ3n) is 4.52. The van der Waals surface area contributed by atoms with Crippen LogP contribution in [-0.4, -0.2) is 50.6 Å². The molecule has 1 aliphatic heterocycles. The average Bonchev–Trinajstić information content (AvgIpc) is 2.64. The topological polar surface area (TPSA) is 69.7 Å². The molecule has 1 amide bonds. The normalized spacial score (nSPS) is 15.5. The standard InChI is InChI=1S/C19H21BrFN3O3S/c1-14-3-2-4-16(11-14)23-7-9-24(10-8-23)28(26,27)13-19(25)22-18-6-5-15(21)12-17(18)20/h2-6,11-12H,7-10,13H2,1H3,(H,22,25). The number of aryl methyl sites for hydroxylation is 1. The Morgan fingerprint density at radius 1 is 1.14 bits per heavy atom. The fourth-order valence-electron chi connectivity index (χ4n) is 3.08. The number of hydrogen-bond donors (Lipinski definition) is 1. The molecule has 0 aromatic heterocycles. The van der Waals surface area contributed by atoms with Gasteiger partial charge in [-0.2, -0.15) is 4.31 Å². The molecule has 2 aromatic carbocycles. The highest BCUT2D eigenvalue weighted by Gasteiger charge is 2.29. The number of sulfonamides is 1. The van der Waals surface area contributed by atoms with Crippen molar-refractivity contribution >= 4 is 43.2 Å². The maximum atomic E-state index is 13.1. The number of halogens is 2. The van der Waals surface area contributed by atoms with Crippen LogP contribution in [-0.2, 0) is 14.8 Å². The largest absolute Gasteiger partial charge is 0.369 e. The molecule has 1 heterocycles. The van der Waals surface area contributed by atoms with Crippen LogP contribution in [0.4, 0.5) is 15.8 Å². The van der Waals surface area contributed by atoms with Gasteiger partial charge in [0.1, 0.15) is 11.6 Å². The number of carbonyl (C=O) groups is 1. The van der Waals surface area contributed by atoms with Gasteiger partial charge in [-0.05, 0) is 58.7 Å². The van der Waals surface area contributed by atoms with Gasteiger partial charge in [-0.1, -0.05) is 12.1 Å². The van der Waals surface area contributed by atoms with Crippen LogP contribution in [0.3, 0.4) is 0 Å². The van der Waals surface area contributed by atoms with Gasteiger partial charge < -0.3 is 10.2 Å². The first kappa shape index (κ1) is 20.8. The lowest BCUT2D eigenvalue weighted by molar-refractivity contribution is -0.113. The molecule has 0 aliphatic carbocycles. The van der Waals surface area contributed by atoms with E-state index in [0.717, 1.165) is 11.3 Å². The van der Waals surface area contributed by atoms with Crippen molar-refractivity contribution in [3.05, 3.63) is 58.3 Å². The second kappa shape index (κ2) is 8.59. The summed E-state index contributed by atoms with van der Waals surface area (Å²) in [7, 11) is -3.73. The molecule has 150 valence electrons. The first-order chi connectivity index (χ1) is 13.2. The number of nitrogens with one attached hydrogen (secondary N) is 1. The van der Waals surface area contributed by atoms with Crippen LogP contribution in [0.5, 0.6) is 0 Å². The van der Waals surface area contributed by atoms with Crippen molar-refractivity contribution in [1.82, 2.24) is 4.31 Å². The molecule has 6 nitrogen and oxygen atoms in total. The van der Waals surface area contributed by atoms with E-state index < -0.39 is 27.5 Å². The van der Waals surface area contributed by atoms with Crippen LogP contribution in [0.2, 0.25) is 0 Å². The van der Waals surface area contributed by atoms with Gasteiger partial charge in [-0.25, -0.2) is 12.8 Å². The van der Waals surface area contributed by atoms with E-state index in [9.17, 15) is 17.6 Å². The van der Waals surface area contributed by atoms with Crippen molar-refractivity contribution in [2.24, 2.45) is 0 Å². The Hall–Kier alpha value is -1.97. The molecular formula is C19H21BrFN3O3S. The molecule has 1 fully saturated rings. The van der Waals surface area contributed by atoms with Gasteiger partial charge in [0.2, 0.25) is 15.9 Å². The number of nitrogens with zero attached hydrogens (tertiary/aromatic N) is 2. The fourth-order valence-corrected chi connectivity index (χ4v) is 4.84. The van der Waals surface area contributed by atoms with Crippen molar-refractivity contribution in [3.63, 3.8) is 0 Å². The zero-order valence-corrected chi connectivity index (χ0v) is 17.8. The van der Waals surface area contributed by atoms with Crippen LogP contribution >= 0.6 is 15.9 Å². The quantitative estimate of drug-likeness (QED) is 0.730. The summed E-state index contributed by atoms with van der Waals surface area (Å²) in [5.74, 6) is -1.77. The van der Waals surface area contributed by atoms with Gasteiger partial charge in [0, 0.05) is 36.3 Å². The third kappa shape index (κ3) is 5.09. The van der Waals surface area contributed by atoms with Crippen LogP contribution in [0.1, 0.15) is 5.56 Å². The second-order valence-corrected chi connectivity index (χ2v) is 9.48. The van der Waals surface area contributed by atoms with Gasteiger partial charge >= 0.3 is 0 Å². The number of anilines is 2. The Labute approximate surface area is 172 Å². The molecular weight excluding hydrogens is 449 g/mol. The molecule has 1 N–H and O–H groups in total. The molecule has 0 unspecified atom stereocenters. The van der Waals surface area contributed by atoms with Gasteiger partial charge in [0.15, 0.2) is 0 Å². The number of hydrogen-bond acceptors (Lipinski definition) is 4. The molecule has 1 saturated heterocycles. The maximum Gasteiger partial charge on any atom is 0.241 e. The summed E-state index contributed by atoms with van der Waals surface area (Å²) in [5.41, 5.74) is 2.54. The minimum Gasteiger partial charge on any atom is -0.369 e. The van der Waals surface area contributed by atoms with Crippen LogP contribution in [0, 0.1) is 12.7 Å². The molecule has 28 heavy (non-hydrogen) atoms. The SMILES string of the molecule is Cc1cccc(N2CCN(S(=O)(=O)CC(=O)Nc3ccc(F)cc3Br)CC2)c1. The monoisotopic (exact) mass is 469 g/mol. The van der Waals surface area contributed by atoms with E-state index in [1.165, 1.54) is 22.5 Å². The van der Waals surface area contributed by atoms with Crippen LogP contribution in [0.15, 0.2) is 46.9 Å². The third-order valence-corrected chi connectivity index (χ3v) is 6.95. The lowest BCUT2D eigenvalue weighted by Crippen LogP contribution is -2.50. The molecule has 0 atom stereocenters. The van der Waals surface area contributed by atoms with Gasteiger partial charge in [-0.3, -0.25) is 4.79 Å². The van der Waals surface area contributed by atoms with Gasteiger partial charge in [-0.15, -0.1) is 0 Å². The van der Waals surface area contributed by atoms with E-state index >= 15 is 0 Å². The molecule has 0 saturated carbocycles. The smallest absolute Gasteiger partial charge is 0.241 e. The molecule has 0 bridgehead atoms. The first-order valence-corrected chi connectivity index (χ1v) is 11.2. The van der Waals surface area contributed by atoms with Crippen molar-refractivity contribution in [3.8, 4) is 0 Å². The summed E-state index contributed by atoms with van der Waals surface area (Å²) in [6, 6.07) is 11.8. The fraction of sp³-hybridized carbons (Fsp3) is 0.316. The molecule has 3 rings (SSSR count). The van der Waals surface area contributed by atoms with E-state index in [1.807, 2.05) is 25.1 Å². The molecule has 0 radical (unpaired) electrons. The molecule has 2 aromatic rings. The summed E-state index contributed by atoms with van der Waals surface area (Å²) >= 11 is 3.15. The van der Waals surface area contributed by atoms with E-state index in [4.69, 9.17) is 0 Å². The minimum atomic E-state index is -3.73. The Morgan fingerprint density at radius 2 is 1.86 bits per heavy atom. The van der Waals surface area contributed by atoms with Gasteiger partial charge in [0.05, 0.1) is 5.69 Å². The predicted molar refractivity (Wildman–Crippen MR) is 111 cm³/mol. The Bertz CT molecular complexity index is 976. The van der Waals surface area contributed by atoms with Crippen molar-refractivity contribution in [2.75, 3.05) is 42.1 Å². The van der Waals surface area contributed by atoms with Crippen molar-refractivity contribution in [1.29, 1.82) is 0 Å². The first-order valence-electron chi connectivity index (χ1n) is 8.79. The lowest BCUT2D eigenvalue weighted by atomic mass is 10.2. The zero-order valence-electron chi connectivity index (χ0n) is 15.4. The van der Waals surface area contributed by atoms with E-state index in [1.54, 1.807) is 0 Å². The highest BCUT2D eigenvalue weighted by molar-refractivity contribution is 9.10. The second-order valence-electron chi connectivity index (χ2n) is 6.65. The molecule has 1 aliphatic rings. The zero-order chi connectivity index (χ0) is 20.3. The number of amides is 1. The van der Waals surface area contributed by atoms with E-state index in [0.29, 0.717) is 36.3 Å². The Balaban J connectivity index is 1.58. The van der Waals surface area contributed by atoms with Gasteiger partial charge in [0.25, 0.3) is 0 Å². The summed E-state index contributed by atoms with van der Waals surface area (Å²) in [6.07, 6.45) is 0. The Morgan fingerprint density at radius 3 is 2.50 bits per heavy atom. The Kier molecular flexibility index (Phi) is 6.36. The number of piperazine rings is 1. The maximum absolute atomic E-state index is 13.1. The minimum absolute atomic E-state index is 0.323. The van der Waals surface area contributed by atoms with Crippen LogP contribution < -0.4 is 10.2 Å². The summed E-state index contributed by atoms with van der Waals surface area (Å²) in [5, 5.41) is 2.50. The van der Waals surface area contributed by atoms with E-state index in [2.05, 4.69) is 32.2 Å².